The number of aromatic carboxylic acids is 1. The van der Waals surface area contributed by atoms with Gasteiger partial charge in [0.05, 0.1) is 16.8 Å². The zero-order valence-electron chi connectivity index (χ0n) is 16.3. The lowest BCUT2D eigenvalue weighted by atomic mass is 10.0. The largest absolute Gasteiger partial charge is 0.506 e. The molecule has 6 heteroatoms. The van der Waals surface area contributed by atoms with Gasteiger partial charge in [-0.2, -0.15) is 0 Å². The highest BCUT2D eigenvalue weighted by Crippen LogP contribution is 2.33. The molecular weight excluding hydrogens is 392 g/mol. The lowest BCUT2D eigenvalue weighted by molar-refractivity contribution is 0.0698. The molecule has 0 atom stereocenters. The first-order valence-electron chi connectivity index (χ1n) is 9.51. The average Bonchev–Trinajstić information content (AvgIpc) is 2.80. The zero-order valence-corrected chi connectivity index (χ0v) is 16.3. The maximum atomic E-state index is 13.0. The fraction of sp³-hybridized carbons (Fsp3) is 0. The van der Waals surface area contributed by atoms with E-state index in [0.29, 0.717) is 11.1 Å². The number of amides is 1. The van der Waals surface area contributed by atoms with Crippen molar-refractivity contribution in [3.05, 3.63) is 102 Å². The maximum absolute atomic E-state index is 13.0. The first kappa shape index (κ1) is 19.8. The van der Waals surface area contributed by atoms with Crippen molar-refractivity contribution in [3.8, 4) is 28.0 Å². The second kappa shape index (κ2) is 8.51. The number of hydrogen-bond donors (Lipinski definition) is 3. The number of nitrogens with one attached hydrogen (secondary N) is 1. The Kier molecular flexibility index (Phi) is 5.45. The molecule has 1 aromatic heterocycles. The summed E-state index contributed by atoms with van der Waals surface area (Å²) in [5.41, 5.74) is 2.97. The van der Waals surface area contributed by atoms with E-state index in [1.165, 1.54) is 12.1 Å². The van der Waals surface area contributed by atoms with Gasteiger partial charge in [0.25, 0.3) is 5.91 Å². The number of carbonyl (C=O) groups excluding carboxylic acids is 1. The first-order valence-corrected chi connectivity index (χ1v) is 9.51. The minimum atomic E-state index is -1.16. The molecule has 3 aromatic carbocycles. The molecule has 0 fully saturated rings. The number of hydrogen-bond acceptors (Lipinski definition) is 4. The van der Waals surface area contributed by atoms with E-state index in [0.717, 1.165) is 11.1 Å². The fourth-order valence-electron chi connectivity index (χ4n) is 3.33. The van der Waals surface area contributed by atoms with E-state index < -0.39 is 11.9 Å². The molecule has 0 saturated carbocycles. The predicted molar refractivity (Wildman–Crippen MR) is 118 cm³/mol. The van der Waals surface area contributed by atoms with Gasteiger partial charge in [0, 0.05) is 18.0 Å². The van der Waals surface area contributed by atoms with E-state index in [-0.39, 0.29) is 22.6 Å². The molecule has 0 radical (unpaired) electrons. The number of anilines is 1. The number of phenolic OH excluding ortho intramolecular Hbond substituents is 1. The number of carboxylic acid groups (broad SMARTS) is 1. The third kappa shape index (κ3) is 4.13. The Morgan fingerprint density at radius 2 is 1.48 bits per heavy atom. The van der Waals surface area contributed by atoms with Gasteiger partial charge >= 0.3 is 5.97 Å². The second-order valence-electron chi connectivity index (χ2n) is 6.82. The molecule has 0 aliphatic rings. The van der Waals surface area contributed by atoms with E-state index in [9.17, 15) is 19.8 Å². The van der Waals surface area contributed by atoms with Gasteiger partial charge in [-0.15, -0.1) is 0 Å². The molecule has 3 N–H and O–H groups in total. The molecule has 1 heterocycles. The molecule has 0 aliphatic carbocycles. The molecule has 0 unspecified atom stereocenters. The number of pyridine rings is 1. The molecular formula is C25H18N2O4. The summed E-state index contributed by atoms with van der Waals surface area (Å²) < 4.78 is 0. The smallest absolute Gasteiger partial charge is 0.337 e. The molecule has 31 heavy (non-hydrogen) atoms. The van der Waals surface area contributed by atoms with Gasteiger partial charge in [0.2, 0.25) is 0 Å². The summed E-state index contributed by atoms with van der Waals surface area (Å²) >= 11 is 0. The molecule has 0 saturated heterocycles. The average molecular weight is 410 g/mol. The highest BCUT2D eigenvalue weighted by atomic mass is 16.4. The molecule has 4 rings (SSSR count). The molecule has 1 amide bonds. The number of aromatic nitrogens is 1. The molecule has 0 bridgehead atoms. The van der Waals surface area contributed by atoms with Gasteiger partial charge in [-0.25, -0.2) is 4.79 Å². The standard InChI is InChI=1S/C25H18N2O4/c28-23-19(17-11-13-26-14-12-17)7-4-8-21(23)24(29)27-22-15-18(9-10-20(22)25(30)31)16-5-2-1-3-6-16/h1-15,28H,(H,27,29)(H,30,31). The third-order valence-corrected chi connectivity index (χ3v) is 4.88. The van der Waals surface area contributed by atoms with Gasteiger partial charge in [-0.1, -0.05) is 48.5 Å². The van der Waals surface area contributed by atoms with E-state index in [1.54, 1.807) is 48.8 Å². The lowest BCUT2D eigenvalue weighted by Crippen LogP contribution is -2.15. The minimum Gasteiger partial charge on any atom is -0.506 e. The lowest BCUT2D eigenvalue weighted by Gasteiger charge is -2.13. The Hall–Kier alpha value is -4.45. The highest BCUT2D eigenvalue weighted by molar-refractivity contribution is 6.10. The van der Waals surface area contributed by atoms with Crippen LogP contribution in [-0.4, -0.2) is 27.1 Å². The van der Waals surface area contributed by atoms with E-state index in [1.807, 2.05) is 30.3 Å². The van der Waals surface area contributed by atoms with Crippen molar-refractivity contribution in [3.63, 3.8) is 0 Å². The van der Waals surface area contributed by atoms with Crippen molar-refractivity contribution in [1.29, 1.82) is 0 Å². The Morgan fingerprint density at radius 3 is 2.19 bits per heavy atom. The topological polar surface area (TPSA) is 99.5 Å². The van der Waals surface area contributed by atoms with Crippen molar-refractivity contribution >= 4 is 17.6 Å². The monoisotopic (exact) mass is 410 g/mol. The van der Waals surface area contributed by atoms with Crippen molar-refractivity contribution in [2.24, 2.45) is 0 Å². The van der Waals surface area contributed by atoms with Crippen LogP contribution in [0.3, 0.4) is 0 Å². The van der Waals surface area contributed by atoms with Gasteiger partial charge < -0.3 is 15.5 Å². The number of nitrogens with zero attached hydrogens (tertiary/aromatic N) is 1. The van der Waals surface area contributed by atoms with E-state index in [4.69, 9.17) is 0 Å². The third-order valence-electron chi connectivity index (χ3n) is 4.88. The summed E-state index contributed by atoms with van der Waals surface area (Å²) in [5.74, 6) is -1.96. The predicted octanol–water partition coefficient (Wildman–Crippen LogP) is 5.07. The quantitative estimate of drug-likeness (QED) is 0.426. The van der Waals surface area contributed by atoms with Crippen LogP contribution < -0.4 is 5.32 Å². The summed E-state index contributed by atoms with van der Waals surface area (Å²) in [7, 11) is 0. The number of carbonyl (C=O) groups is 2. The zero-order chi connectivity index (χ0) is 21.8. The second-order valence-corrected chi connectivity index (χ2v) is 6.82. The number of benzene rings is 3. The van der Waals surface area contributed by atoms with Crippen LogP contribution in [0, 0.1) is 0 Å². The Morgan fingerprint density at radius 1 is 0.742 bits per heavy atom. The van der Waals surface area contributed by atoms with Crippen molar-refractivity contribution < 1.29 is 19.8 Å². The molecule has 0 spiro atoms. The van der Waals surface area contributed by atoms with Crippen LogP contribution in [0.5, 0.6) is 5.75 Å². The van der Waals surface area contributed by atoms with Crippen LogP contribution in [0.4, 0.5) is 5.69 Å². The van der Waals surface area contributed by atoms with Crippen LogP contribution in [0.1, 0.15) is 20.7 Å². The van der Waals surface area contributed by atoms with Crippen LogP contribution in [0.15, 0.2) is 91.3 Å². The summed E-state index contributed by atoms with van der Waals surface area (Å²) in [4.78, 5) is 28.6. The number of phenols is 1. The number of aromatic hydroxyl groups is 1. The molecule has 152 valence electrons. The van der Waals surface area contributed by atoms with Crippen molar-refractivity contribution in [2.45, 2.75) is 0 Å². The van der Waals surface area contributed by atoms with Crippen LogP contribution >= 0.6 is 0 Å². The van der Waals surface area contributed by atoms with E-state index in [2.05, 4.69) is 10.3 Å². The summed E-state index contributed by atoms with van der Waals surface area (Å²) in [6, 6.07) is 22.5. The number of rotatable bonds is 5. The van der Waals surface area contributed by atoms with Crippen LogP contribution in [-0.2, 0) is 0 Å². The van der Waals surface area contributed by atoms with Gasteiger partial charge in [-0.3, -0.25) is 9.78 Å². The van der Waals surface area contributed by atoms with Gasteiger partial charge in [-0.05, 0) is 47.0 Å². The van der Waals surface area contributed by atoms with Gasteiger partial charge in [0.15, 0.2) is 0 Å². The SMILES string of the molecule is O=C(O)c1ccc(-c2ccccc2)cc1NC(=O)c1cccc(-c2ccncc2)c1O. The van der Waals surface area contributed by atoms with Crippen molar-refractivity contribution in [1.82, 2.24) is 4.98 Å². The Bertz CT molecular complexity index is 1260. The Balaban J connectivity index is 1.71. The summed E-state index contributed by atoms with van der Waals surface area (Å²) in [5, 5.41) is 22.9. The van der Waals surface area contributed by atoms with Crippen LogP contribution in [0.2, 0.25) is 0 Å². The molecule has 0 aliphatic heterocycles. The van der Waals surface area contributed by atoms with Crippen molar-refractivity contribution in [2.75, 3.05) is 5.32 Å². The summed E-state index contributed by atoms with van der Waals surface area (Å²) in [6.07, 6.45) is 3.19. The molecule has 6 nitrogen and oxygen atoms in total. The number of carboxylic acids is 1. The van der Waals surface area contributed by atoms with Crippen LogP contribution in [0.25, 0.3) is 22.3 Å². The van der Waals surface area contributed by atoms with Gasteiger partial charge in [0.1, 0.15) is 5.75 Å². The fourth-order valence-corrected chi connectivity index (χ4v) is 3.33. The van der Waals surface area contributed by atoms with E-state index >= 15 is 0 Å². The normalized spacial score (nSPS) is 10.5. The summed E-state index contributed by atoms with van der Waals surface area (Å²) in [6.45, 7) is 0. The first-order chi connectivity index (χ1) is 15.0. The minimum absolute atomic E-state index is 0.0377. The maximum Gasteiger partial charge on any atom is 0.337 e. The highest BCUT2D eigenvalue weighted by Gasteiger charge is 2.19. The molecule has 4 aromatic rings. The Labute approximate surface area is 178 Å². The number of para-hydroxylation sites is 1.